The van der Waals surface area contributed by atoms with Crippen molar-refractivity contribution < 1.29 is 24.3 Å². The van der Waals surface area contributed by atoms with E-state index in [0.29, 0.717) is 6.42 Å². The normalized spacial score (nSPS) is 14.6. The van der Waals surface area contributed by atoms with Crippen LogP contribution < -0.4 is 22.1 Å². The Morgan fingerprint density at radius 3 is 2.14 bits per heavy atom. The molecule has 0 saturated carbocycles. The molecule has 9 heteroatoms. The van der Waals surface area contributed by atoms with Crippen LogP contribution in [0.2, 0.25) is 0 Å². The number of carboxylic acids is 1. The van der Waals surface area contributed by atoms with Crippen molar-refractivity contribution in [3.63, 3.8) is 0 Å². The largest absolute Gasteiger partial charge is 0.480 e. The highest BCUT2D eigenvalue weighted by Gasteiger charge is 2.30. The number of rotatable bonds is 9. The average molecular weight is 302 g/mol. The summed E-state index contributed by atoms with van der Waals surface area (Å²) in [5.74, 6) is -3.69. The molecule has 0 rings (SSSR count). The maximum absolute atomic E-state index is 12.1. The summed E-state index contributed by atoms with van der Waals surface area (Å²) in [5.41, 5.74) is 10.1. The Balaban J connectivity index is 4.96. The number of primary amides is 1. The molecule has 3 amide bonds. The third kappa shape index (κ3) is 6.70. The Bertz CT molecular complexity index is 412. The van der Waals surface area contributed by atoms with Crippen LogP contribution in [0.25, 0.3) is 0 Å². The summed E-state index contributed by atoms with van der Waals surface area (Å²) in [5, 5.41) is 13.6. The summed E-state index contributed by atoms with van der Waals surface area (Å²) < 4.78 is 0. The first-order valence-corrected chi connectivity index (χ1v) is 6.53. The lowest BCUT2D eigenvalue weighted by atomic mass is 9.97. The highest BCUT2D eigenvalue weighted by Crippen LogP contribution is 2.08. The molecule has 0 spiro atoms. The lowest BCUT2D eigenvalue weighted by molar-refractivity contribution is -0.144. The van der Waals surface area contributed by atoms with Crippen molar-refractivity contribution in [1.29, 1.82) is 0 Å². The fraction of sp³-hybridized carbons (Fsp3) is 0.667. The number of nitrogens with two attached hydrogens (primary N) is 2. The number of nitrogens with one attached hydrogen (secondary N) is 2. The zero-order valence-electron chi connectivity index (χ0n) is 12.1. The van der Waals surface area contributed by atoms with E-state index in [0.717, 1.165) is 0 Å². The van der Waals surface area contributed by atoms with Crippen molar-refractivity contribution in [1.82, 2.24) is 10.6 Å². The van der Waals surface area contributed by atoms with Crippen molar-refractivity contribution in [2.75, 3.05) is 6.54 Å². The number of carbonyl (C=O) groups is 4. The van der Waals surface area contributed by atoms with Gasteiger partial charge in [0.1, 0.15) is 12.1 Å². The minimum absolute atomic E-state index is 0.233. The molecule has 120 valence electrons. The van der Waals surface area contributed by atoms with Crippen LogP contribution in [-0.2, 0) is 19.2 Å². The lowest BCUT2D eigenvalue weighted by Gasteiger charge is -2.25. The Morgan fingerprint density at radius 1 is 1.19 bits per heavy atom. The highest BCUT2D eigenvalue weighted by molar-refractivity contribution is 5.92. The maximum atomic E-state index is 12.1. The maximum Gasteiger partial charge on any atom is 0.326 e. The molecule has 0 saturated heterocycles. The molecule has 21 heavy (non-hydrogen) atoms. The molecule has 0 aliphatic heterocycles. The quantitative estimate of drug-likeness (QED) is 0.328. The van der Waals surface area contributed by atoms with Gasteiger partial charge in [-0.25, -0.2) is 4.79 Å². The van der Waals surface area contributed by atoms with Gasteiger partial charge < -0.3 is 27.2 Å². The van der Waals surface area contributed by atoms with Crippen molar-refractivity contribution >= 4 is 23.7 Å². The van der Waals surface area contributed by atoms with E-state index in [9.17, 15) is 19.2 Å². The number of amides is 3. The molecule has 0 aliphatic carbocycles. The molecule has 0 bridgehead atoms. The van der Waals surface area contributed by atoms with E-state index in [1.807, 2.05) is 6.92 Å². The molecular formula is C12H22N4O5. The molecule has 0 aromatic rings. The Morgan fingerprint density at radius 2 is 1.76 bits per heavy atom. The van der Waals surface area contributed by atoms with Crippen LogP contribution in [0.4, 0.5) is 0 Å². The van der Waals surface area contributed by atoms with E-state index in [4.69, 9.17) is 16.6 Å². The van der Waals surface area contributed by atoms with E-state index < -0.39 is 42.2 Å². The minimum atomic E-state index is -1.43. The van der Waals surface area contributed by atoms with E-state index >= 15 is 0 Å². The van der Waals surface area contributed by atoms with Gasteiger partial charge in [-0.2, -0.15) is 0 Å². The summed E-state index contributed by atoms with van der Waals surface area (Å²) in [6.07, 6.45) is 0.0512. The summed E-state index contributed by atoms with van der Waals surface area (Å²) in [6.45, 7) is 3.26. The average Bonchev–Trinajstić information content (AvgIpc) is 2.41. The third-order valence-electron chi connectivity index (χ3n) is 3.02. The molecule has 3 unspecified atom stereocenters. The van der Waals surface area contributed by atoms with Crippen molar-refractivity contribution in [3.8, 4) is 0 Å². The lowest BCUT2D eigenvalue weighted by Crippen LogP contribution is -2.55. The van der Waals surface area contributed by atoms with Crippen LogP contribution in [0.1, 0.15) is 26.7 Å². The van der Waals surface area contributed by atoms with Crippen LogP contribution in [-0.4, -0.2) is 47.4 Å². The summed E-state index contributed by atoms with van der Waals surface area (Å²) in [4.78, 5) is 45.2. The topological polar surface area (TPSA) is 165 Å². The molecule has 7 N–H and O–H groups in total. The van der Waals surface area contributed by atoms with Crippen molar-refractivity contribution in [2.24, 2.45) is 17.4 Å². The first kappa shape index (κ1) is 18.8. The SMILES string of the molecule is CCC(C)C(NC(=O)CN)C(=O)NC(CC(N)=O)C(=O)O. The fourth-order valence-corrected chi connectivity index (χ4v) is 1.60. The fourth-order valence-electron chi connectivity index (χ4n) is 1.60. The molecule has 0 radical (unpaired) electrons. The molecule has 9 nitrogen and oxygen atoms in total. The monoisotopic (exact) mass is 302 g/mol. The molecular weight excluding hydrogens is 280 g/mol. The number of hydrogen-bond acceptors (Lipinski definition) is 5. The van der Waals surface area contributed by atoms with Crippen LogP contribution in [0, 0.1) is 5.92 Å². The standard InChI is InChI=1S/C12H22N4O5/c1-3-6(2)10(16-9(18)5-13)11(19)15-7(12(20)21)4-8(14)17/h6-7,10H,3-5,13H2,1-2H3,(H2,14,17)(H,15,19)(H,16,18)(H,20,21). The molecule has 0 heterocycles. The van der Waals surface area contributed by atoms with E-state index in [2.05, 4.69) is 10.6 Å². The second-order valence-electron chi connectivity index (χ2n) is 4.70. The first-order chi connectivity index (χ1) is 9.72. The smallest absolute Gasteiger partial charge is 0.326 e. The van der Waals surface area contributed by atoms with E-state index in [1.54, 1.807) is 6.92 Å². The second-order valence-corrected chi connectivity index (χ2v) is 4.70. The Labute approximate surface area is 122 Å². The number of hydrogen-bond donors (Lipinski definition) is 5. The van der Waals surface area contributed by atoms with Gasteiger partial charge in [0.2, 0.25) is 17.7 Å². The zero-order chi connectivity index (χ0) is 16.6. The zero-order valence-corrected chi connectivity index (χ0v) is 12.1. The second kappa shape index (κ2) is 8.90. The van der Waals surface area contributed by atoms with Gasteiger partial charge in [-0.3, -0.25) is 14.4 Å². The van der Waals surface area contributed by atoms with Gasteiger partial charge in [0.05, 0.1) is 13.0 Å². The van der Waals surface area contributed by atoms with Gasteiger partial charge in [0.15, 0.2) is 0 Å². The van der Waals surface area contributed by atoms with E-state index in [-0.39, 0.29) is 12.5 Å². The molecule has 0 aromatic carbocycles. The van der Waals surface area contributed by atoms with Crippen LogP contribution in [0.3, 0.4) is 0 Å². The summed E-state index contributed by atoms with van der Waals surface area (Å²) in [7, 11) is 0. The van der Waals surface area contributed by atoms with Crippen LogP contribution in [0.15, 0.2) is 0 Å². The molecule has 3 atom stereocenters. The Kier molecular flexibility index (Phi) is 7.99. The van der Waals surface area contributed by atoms with Gasteiger partial charge >= 0.3 is 5.97 Å². The highest BCUT2D eigenvalue weighted by atomic mass is 16.4. The number of carbonyl (C=O) groups excluding carboxylic acids is 3. The first-order valence-electron chi connectivity index (χ1n) is 6.53. The predicted molar refractivity (Wildman–Crippen MR) is 73.8 cm³/mol. The summed E-state index contributed by atoms with van der Waals surface area (Å²) >= 11 is 0. The van der Waals surface area contributed by atoms with Crippen molar-refractivity contribution in [2.45, 2.75) is 38.8 Å². The van der Waals surface area contributed by atoms with Gasteiger partial charge in [0, 0.05) is 0 Å². The Hall–Kier alpha value is -2.16. The van der Waals surface area contributed by atoms with Crippen LogP contribution in [0.5, 0.6) is 0 Å². The summed E-state index contributed by atoms with van der Waals surface area (Å²) in [6, 6.07) is -2.36. The van der Waals surface area contributed by atoms with Crippen molar-refractivity contribution in [3.05, 3.63) is 0 Å². The van der Waals surface area contributed by atoms with Gasteiger partial charge in [-0.1, -0.05) is 20.3 Å². The minimum Gasteiger partial charge on any atom is -0.480 e. The number of carboxylic acid groups (broad SMARTS) is 1. The van der Waals surface area contributed by atoms with Gasteiger partial charge in [-0.05, 0) is 5.92 Å². The predicted octanol–water partition coefficient (Wildman–Crippen LogP) is -2.08. The van der Waals surface area contributed by atoms with E-state index in [1.165, 1.54) is 0 Å². The van der Waals surface area contributed by atoms with Gasteiger partial charge in [0.25, 0.3) is 0 Å². The number of aliphatic carboxylic acids is 1. The van der Waals surface area contributed by atoms with Crippen LogP contribution >= 0.6 is 0 Å². The molecule has 0 aromatic heterocycles. The third-order valence-corrected chi connectivity index (χ3v) is 3.02. The van der Waals surface area contributed by atoms with Gasteiger partial charge in [-0.15, -0.1) is 0 Å². The molecule has 0 aliphatic rings. The molecule has 0 fully saturated rings.